The predicted octanol–water partition coefficient (Wildman–Crippen LogP) is 1.35. The molecule has 3 rings (SSSR count). The number of carbonyl (C=O) groups is 1. The van der Waals surface area contributed by atoms with Crippen LogP contribution in [-0.4, -0.2) is 65.8 Å². The van der Waals surface area contributed by atoms with Crippen molar-refractivity contribution in [2.45, 2.75) is 6.54 Å². The molecule has 0 aliphatic carbocycles. The van der Waals surface area contributed by atoms with E-state index >= 15 is 0 Å². The third-order valence-electron chi connectivity index (χ3n) is 4.44. The molecule has 0 atom stereocenters. The highest BCUT2D eigenvalue weighted by molar-refractivity contribution is 6.30. The van der Waals surface area contributed by atoms with E-state index in [2.05, 4.69) is 10.00 Å². The van der Waals surface area contributed by atoms with Gasteiger partial charge in [-0.25, -0.2) is 4.68 Å². The zero-order valence-corrected chi connectivity index (χ0v) is 15.6. The number of benzene rings is 1. The number of carbonyl (C=O) groups excluding carboxylic acids is 1. The van der Waals surface area contributed by atoms with Crippen LogP contribution in [0.15, 0.2) is 35.1 Å². The van der Waals surface area contributed by atoms with Crippen LogP contribution >= 0.6 is 11.6 Å². The summed E-state index contributed by atoms with van der Waals surface area (Å²) in [6.07, 6.45) is 0. The van der Waals surface area contributed by atoms with E-state index in [4.69, 9.17) is 16.3 Å². The van der Waals surface area contributed by atoms with E-state index in [-0.39, 0.29) is 18.0 Å². The minimum absolute atomic E-state index is 0.0901. The Bertz CT molecular complexity index is 843. The normalized spacial score (nSPS) is 15.1. The minimum Gasteiger partial charge on any atom is -0.494 e. The van der Waals surface area contributed by atoms with Crippen molar-refractivity contribution < 1.29 is 9.53 Å². The molecule has 2 aromatic rings. The van der Waals surface area contributed by atoms with Gasteiger partial charge < -0.3 is 14.5 Å². The van der Waals surface area contributed by atoms with Gasteiger partial charge in [0, 0.05) is 42.8 Å². The lowest BCUT2D eigenvalue weighted by Gasteiger charge is -2.32. The summed E-state index contributed by atoms with van der Waals surface area (Å²) in [6.45, 7) is 2.88. The molecule has 0 saturated carbocycles. The van der Waals surface area contributed by atoms with Crippen molar-refractivity contribution >= 4 is 17.5 Å². The number of amides is 1. The number of hydrogen-bond donors (Lipinski definition) is 0. The third-order valence-corrected chi connectivity index (χ3v) is 4.69. The predicted molar refractivity (Wildman–Crippen MR) is 99.6 cm³/mol. The molecule has 138 valence electrons. The molecule has 1 saturated heterocycles. The van der Waals surface area contributed by atoms with E-state index < -0.39 is 0 Å². The Morgan fingerprint density at radius 1 is 1.19 bits per heavy atom. The number of ether oxygens (including phenoxy) is 1. The first-order valence-corrected chi connectivity index (χ1v) is 8.74. The van der Waals surface area contributed by atoms with Gasteiger partial charge in [-0.2, -0.15) is 5.10 Å². The second kappa shape index (κ2) is 7.88. The highest BCUT2D eigenvalue weighted by Gasteiger charge is 2.21. The van der Waals surface area contributed by atoms with Crippen molar-refractivity contribution in [1.82, 2.24) is 19.6 Å². The number of nitrogens with zero attached hydrogens (tertiary/aromatic N) is 4. The highest BCUT2D eigenvalue weighted by Crippen LogP contribution is 2.27. The monoisotopic (exact) mass is 376 g/mol. The standard InChI is InChI=1S/C18H21ClN4O3/c1-21-7-9-22(10-8-21)17(25)12-23-16(24)11-15(26-2)18(20-23)13-3-5-14(19)6-4-13/h3-6,11H,7-10,12H2,1-2H3. The van der Waals surface area contributed by atoms with E-state index in [9.17, 15) is 9.59 Å². The van der Waals surface area contributed by atoms with Crippen molar-refractivity contribution in [1.29, 1.82) is 0 Å². The number of aromatic nitrogens is 2. The molecule has 26 heavy (non-hydrogen) atoms. The van der Waals surface area contributed by atoms with Gasteiger partial charge in [-0.15, -0.1) is 0 Å². The number of halogens is 1. The fourth-order valence-electron chi connectivity index (χ4n) is 2.83. The molecule has 1 aromatic heterocycles. The molecule has 1 aliphatic rings. The van der Waals surface area contributed by atoms with Gasteiger partial charge in [-0.1, -0.05) is 23.7 Å². The van der Waals surface area contributed by atoms with Crippen molar-refractivity contribution in [3.05, 3.63) is 45.7 Å². The molecule has 0 radical (unpaired) electrons. The van der Waals surface area contributed by atoms with E-state index in [1.807, 2.05) is 7.05 Å². The first-order chi connectivity index (χ1) is 12.5. The number of hydrogen-bond acceptors (Lipinski definition) is 5. The molecule has 1 fully saturated rings. The van der Waals surface area contributed by atoms with Crippen LogP contribution in [-0.2, 0) is 11.3 Å². The quantitative estimate of drug-likeness (QED) is 0.805. The van der Waals surface area contributed by atoms with Crippen LogP contribution in [0.3, 0.4) is 0 Å². The highest BCUT2D eigenvalue weighted by atomic mass is 35.5. The molecular formula is C18H21ClN4O3. The Hall–Kier alpha value is -2.38. The Morgan fingerprint density at radius 3 is 2.46 bits per heavy atom. The maximum Gasteiger partial charge on any atom is 0.270 e. The number of piperazine rings is 1. The van der Waals surface area contributed by atoms with Crippen LogP contribution in [0.5, 0.6) is 5.75 Å². The smallest absolute Gasteiger partial charge is 0.270 e. The zero-order chi connectivity index (χ0) is 18.7. The van der Waals surface area contributed by atoms with Crippen LogP contribution in [0.1, 0.15) is 0 Å². The fourth-order valence-corrected chi connectivity index (χ4v) is 2.96. The van der Waals surface area contributed by atoms with Crippen molar-refractivity contribution in [2.75, 3.05) is 40.3 Å². The molecule has 2 heterocycles. The maximum atomic E-state index is 12.5. The summed E-state index contributed by atoms with van der Waals surface area (Å²) in [5, 5.41) is 4.97. The fraction of sp³-hybridized carbons (Fsp3) is 0.389. The molecule has 1 aromatic carbocycles. The van der Waals surface area contributed by atoms with Gasteiger partial charge in [-0.3, -0.25) is 9.59 Å². The van der Waals surface area contributed by atoms with Crippen molar-refractivity contribution in [3.8, 4) is 17.0 Å². The molecule has 0 unspecified atom stereocenters. The summed E-state index contributed by atoms with van der Waals surface area (Å²) in [5.41, 5.74) is 0.879. The summed E-state index contributed by atoms with van der Waals surface area (Å²) >= 11 is 5.93. The summed E-state index contributed by atoms with van der Waals surface area (Å²) < 4.78 is 6.48. The lowest BCUT2D eigenvalue weighted by molar-refractivity contribution is -0.133. The molecule has 7 nitrogen and oxygen atoms in total. The van der Waals surface area contributed by atoms with Gasteiger partial charge in [0.25, 0.3) is 5.56 Å². The Balaban J connectivity index is 1.87. The largest absolute Gasteiger partial charge is 0.494 e. The van der Waals surface area contributed by atoms with Gasteiger partial charge in [0.1, 0.15) is 12.2 Å². The molecule has 0 bridgehead atoms. The number of likely N-dealkylation sites (N-methyl/N-ethyl adjacent to an activating group) is 1. The van der Waals surface area contributed by atoms with Gasteiger partial charge in [0.05, 0.1) is 7.11 Å². The Labute approximate surface area is 156 Å². The zero-order valence-electron chi connectivity index (χ0n) is 14.8. The molecule has 8 heteroatoms. The SMILES string of the molecule is COc1cc(=O)n(CC(=O)N2CCN(C)CC2)nc1-c1ccc(Cl)cc1. The molecular weight excluding hydrogens is 356 g/mol. The van der Waals surface area contributed by atoms with Crippen LogP contribution in [0.4, 0.5) is 0 Å². The van der Waals surface area contributed by atoms with Gasteiger partial charge in [-0.05, 0) is 19.2 Å². The average molecular weight is 377 g/mol. The number of rotatable bonds is 4. The van der Waals surface area contributed by atoms with Crippen LogP contribution in [0.2, 0.25) is 5.02 Å². The molecule has 1 aliphatic heterocycles. The van der Waals surface area contributed by atoms with Crippen molar-refractivity contribution in [3.63, 3.8) is 0 Å². The minimum atomic E-state index is -0.373. The van der Waals surface area contributed by atoms with Gasteiger partial charge in [0.15, 0.2) is 5.75 Å². The first-order valence-electron chi connectivity index (χ1n) is 8.36. The topological polar surface area (TPSA) is 67.7 Å². The van der Waals surface area contributed by atoms with Crippen LogP contribution in [0.25, 0.3) is 11.3 Å². The van der Waals surface area contributed by atoms with E-state index in [0.717, 1.165) is 18.7 Å². The summed E-state index contributed by atoms with van der Waals surface area (Å²) in [5.74, 6) is 0.251. The van der Waals surface area contributed by atoms with Crippen LogP contribution < -0.4 is 10.3 Å². The lowest BCUT2D eigenvalue weighted by Crippen LogP contribution is -2.48. The third kappa shape index (κ3) is 4.05. The Kier molecular flexibility index (Phi) is 5.58. The molecule has 0 spiro atoms. The van der Waals surface area contributed by atoms with E-state index in [0.29, 0.717) is 29.6 Å². The van der Waals surface area contributed by atoms with Crippen molar-refractivity contribution in [2.24, 2.45) is 0 Å². The van der Waals surface area contributed by atoms with Gasteiger partial charge in [0.2, 0.25) is 5.91 Å². The lowest BCUT2D eigenvalue weighted by atomic mass is 10.1. The van der Waals surface area contributed by atoms with E-state index in [1.54, 1.807) is 29.2 Å². The number of methoxy groups -OCH3 is 1. The second-order valence-electron chi connectivity index (χ2n) is 6.25. The Morgan fingerprint density at radius 2 is 1.85 bits per heavy atom. The van der Waals surface area contributed by atoms with Crippen LogP contribution in [0, 0.1) is 0 Å². The van der Waals surface area contributed by atoms with E-state index in [1.165, 1.54) is 17.9 Å². The summed E-state index contributed by atoms with van der Waals surface area (Å²) in [7, 11) is 3.51. The van der Waals surface area contributed by atoms with Gasteiger partial charge >= 0.3 is 0 Å². The molecule has 1 amide bonds. The average Bonchev–Trinajstić information content (AvgIpc) is 2.64. The second-order valence-corrected chi connectivity index (χ2v) is 6.68. The summed E-state index contributed by atoms with van der Waals surface area (Å²) in [6, 6.07) is 8.43. The maximum absolute atomic E-state index is 12.5. The summed E-state index contributed by atoms with van der Waals surface area (Å²) in [4.78, 5) is 28.8. The first kappa shape index (κ1) is 18.4. The molecule has 0 N–H and O–H groups in total.